The molecular formula is C25H36N4O3. The summed E-state index contributed by atoms with van der Waals surface area (Å²) in [6, 6.07) is 4.40. The van der Waals surface area contributed by atoms with Crippen molar-refractivity contribution in [3.05, 3.63) is 23.4 Å². The van der Waals surface area contributed by atoms with Crippen LogP contribution in [-0.2, 0) is 17.6 Å². The Morgan fingerprint density at radius 3 is 2.97 bits per heavy atom. The molecule has 1 atom stereocenters. The summed E-state index contributed by atoms with van der Waals surface area (Å²) < 4.78 is 17.7. The van der Waals surface area contributed by atoms with E-state index in [1.807, 2.05) is 0 Å². The minimum absolute atomic E-state index is 0.236. The van der Waals surface area contributed by atoms with Crippen LogP contribution < -0.4 is 20.1 Å². The molecule has 7 nitrogen and oxygen atoms in total. The zero-order valence-corrected chi connectivity index (χ0v) is 19.3. The van der Waals surface area contributed by atoms with Crippen molar-refractivity contribution < 1.29 is 14.2 Å². The number of pyridine rings is 1. The van der Waals surface area contributed by atoms with Gasteiger partial charge >= 0.3 is 0 Å². The van der Waals surface area contributed by atoms with Crippen LogP contribution >= 0.6 is 0 Å². The van der Waals surface area contributed by atoms with Crippen molar-refractivity contribution in [3.63, 3.8) is 0 Å². The van der Waals surface area contributed by atoms with Crippen molar-refractivity contribution in [3.8, 4) is 11.5 Å². The van der Waals surface area contributed by atoms with Gasteiger partial charge in [0.1, 0.15) is 0 Å². The van der Waals surface area contributed by atoms with Crippen molar-refractivity contribution in [1.29, 1.82) is 0 Å². The normalized spacial score (nSPS) is 21.5. The van der Waals surface area contributed by atoms with Crippen LogP contribution in [0.3, 0.4) is 0 Å². The van der Waals surface area contributed by atoms with Gasteiger partial charge in [0.05, 0.1) is 38.5 Å². The van der Waals surface area contributed by atoms with E-state index in [-0.39, 0.29) is 6.04 Å². The van der Waals surface area contributed by atoms with E-state index in [1.165, 1.54) is 42.9 Å². The number of methoxy groups -OCH3 is 1. The molecule has 1 aliphatic carbocycles. The Kier molecular flexibility index (Phi) is 6.95. The van der Waals surface area contributed by atoms with Gasteiger partial charge in [-0.3, -0.25) is 4.98 Å². The van der Waals surface area contributed by atoms with E-state index in [9.17, 15) is 0 Å². The molecule has 2 aliphatic heterocycles. The number of anilines is 1. The average Bonchev–Trinajstić information content (AvgIpc) is 3.43. The van der Waals surface area contributed by atoms with E-state index < -0.39 is 0 Å². The van der Waals surface area contributed by atoms with E-state index in [0.717, 1.165) is 74.3 Å². The Hall–Kier alpha value is -2.09. The predicted octanol–water partition coefficient (Wildman–Crippen LogP) is 3.00. The second-order valence-corrected chi connectivity index (χ2v) is 9.16. The Balaban J connectivity index is 1.39. The highest BCUT2D eigenvalue weighted by atomic mass is 16.5. The molecule has 0 saturated carbocycles. The number of nitrogens with one attached hydrogen (secondary N) is 2. The lowest BCUT2D eigenvalue weighted by Gasteiger charge is -2.22. The molecule has 0 unspecified atom stereocenters. The van der Waals surface area contributed by atoms with Crippen LogP contribution in [0.1, 0.15) is 36.9 Å². The number of likely N-dealkylation sites (tertiary alicyclic amines) is 1. The highest BCUT2D eigenvalue weighted by molar-refractivity contribution is 5.96. The molecule has 1 aromatic carbocycles. The van der Waals surface area contributed by atoms with Crippen LogP contribution in [0.15, 0.2) is 12.1 Å². The van der Waals surface area contributed by atoms with Gasteiger partial charge in [0.2, 0.25) is 0 Å². The zero-order chi connectivity index (χ0) is 21.8. The number of ether oxygens (including phenoxy) is 3. The van der Waals surface area contributed by atoms with E-state index in [0.29, 0.717) is 13.2 Å². The molecule has 0 radical (unpaired) electrons. The quantitative estimate of drug-likeness (QED) is 0.612. The smallest absolute Gasteiger partial charge is 0.163 e. The molecule has 0 bridgehead atoms. The first-order valence-electron chi connectivity index (χ1n) is 12.3. The molecule has 0 spiro atoms. The summed E-state index contributed by atoms with van der Waals surface area (Å²) in [7, 11) is 1.72. The summed E-state index contributed by atoms with van der Waals surface area (Å²) in [4.78, 5) is 7.55. The fourth-order valence-corrected chi connectivity index (χ4v) is 5.19. The third-order valence-electron chi connectivity index (χ3n) is 6.85. The summed E-state index contributed by atoms with van der Waals surface area (Å²) in [5.74, 6) is 1.56. The Morgan fingerprint density at radius 2 is 2.09 bits per heavy atom. The second-order valence-electron chi connectivity index (χ2n) is 9.16. The minimum Gasteiger partial charge on any atom is -0.493 e. The summed E-state index contributed by atoms with van der Waals surface area (Å²) >= 11 is 0. The van der Waals surface area contributed by atoms with Gasteiger partial charge < -0.3 is 29.7 Å². The number of aromatic nitrogens is 1. The number of aryl methyl sites for hydroxylation is 1. The largest absolute Gasteiger partial charge is 0.493 e. The van der Waals surface area contributed by atoms with Crippen LogP contribution in [0.5, 0.6) is 11.5 Å². The van der Waals surface area contributed by atoms with Crippen molar-refractivity contribution in [2.45, 2.75) is 44.6 Å². The van der Waals surface area contributed by atoms with Gasteiger partial charge in [0.15, 0.2) is 11.5 Å². The Labute approximate surface area is 190 Å². The molecule has 174 valence electrons. The molecule has 2 aromatic rings. The van der Waals surface area contributed by atoms with E-state index in [1.54, 1.807) is 7.11 Å². The van der Waals surface area contributed by atoms with Gasteiger partial charge in [-0.05, 0) is 63.2 Å². The fourth-order valence-electron chi connectivity index (χ4n) is 5.19. The van der Waals surface area contributed by atoms with Gasteiger partial charge in [0, 0.05) is 42.5 Å². The van der Waals surface area contributed by atoms with E-state index in [4.69, 9.17) is 19.2 Å². The van der Waals surface area contributed by atoms with Crippen LogP contribution in [0, 0.1) is 0 Å². The standard InChI is InChI=1S/C25H36N4O3/c1-30-23-14-20-22(15-24(23)32-12-5-11-29-9-2-3-10-29)28-21-7-4-6-19(21)25(20)27-18-16-26-8-13-31-17-18/h14-15,18,26H,2-13,16-17H2,1H3,(H,27,28)/t18-/m1/s1. The van der Waals surface area contributed by atoms with E-state index in [2.05, 4.69) is 27.7 Å². The molecular weight excluding hydrogens is 404 g/mol. The number of nitrogens with zero attached hydrogens (tertiary/aromatic N) is 2. The maximum absolute atomic E-state index is 6.18. The van der Waals surface area contributed by atoms with Gasteiger partial charge in [-0.2, -0.15) is 0 Å². The second kappa shape index (κ2) is 10.2. The summed E-state index contributed by atoms with van der Waals surface area (Å²) in [6.45, 7) is 7.53. The predicted molar refractivity (Wildman–Crippen MR) is 127 cm³/mol. The summed E-state index contributed by atoms with van der Waals surface area (Å²) in [5, 5.41) is 8.36. The van der Waals surface area contributed by atoms with Gasteiger partial charge in [-0.15, -0.1) is 0 Å². The van der Waals surface area contributed by atoms with Crippen molar-refractivity contribution in [2.75, 3.05) is 65.0 Å². The SMILES string of the molecule is COc1cc2c(N[C@@H]3CNCCOC3)c3c(nc2cc1OCCCN1CCCC1)CCC3. The maximum atomic E-state index is 6.18. The third-order valence-corrected chi connectivity index (χ3v) is 6.85. The first kappa shape index (κ1) is 21.7. The topological polar surface area (TPSA) is 67.9 Å². The lowest BCUT2D eigenvalue weighted by Crippen LogP contribution is -2.34. The molecule has 2 saturated heterocycles. The zero-order valence-electron chi connectivity index (χ0n) is 19.3. The Bertz CT molecular complexity index is 921. The first-order valence-corrected chi connectivity index (χ1v) is 12.3. The van der Waals surface area contributed by atoms with Crippen molar-refractivity contribution in [1.82, 2.24) is 15.2 Å². The molecule has 32 heavy (non-hydrogen) atoms. The Morgan fingerprint density at radius 1 is 1.19 bits per heavy atom. The molecule has 5 rings (SSSR count). The summed E-state index contributed by atoms with van der Waals surface area (Å²) in [6.07, 6.45) is 6.95. The highest BCUT2D eigenvalue weighted by Gasteiger charge is 2.24. The van der Waals surface area contributed by atoms with Crippen LogP contribution in [-0.4, -0.2) is 75.6 Å². The molecule has 2 fully saturated rings. The van der Waals surface area contributed by atoms with Gasteiger partial charge in [0.25, 0.3) is 0 Å². The molecule has 7 heteroatoms. The number of hydrogen-bond acceptors (Lipinski definition) is 7. The first-order chi connectivity index (χ1) is 15.8. The van der Waals surface area contributed by atoms with Gasteiger partial charge in [-0.1, -0.05) is 0 Å². The maximum Gasteiger partial charge on any atom is 0.163 e. The molecule has 2 N–H and O–H groups in total. The van der Waals surface area contributed by atoms with Crippen LogP contribution in [0.4, 0.5) is 5.69 Å². The lowest BCUT2D eigenvalue weighted by atomic mass is 10.0. The molecule has 0 amide bonds. The van der Waals surface area contributed by atoms with Crippen molar-refractivity contribution >= 4 is 16.6 Å². The molecule has 3 aliphatic rings. The lowest BCUT2D eigenvalue weighted by molar-refractivity contribution is 0.145. The van der Waals surface area contributed by atoms with Crippen LogP contribution in [0.25, 0.3) is 10.9 Å². The minimum atomic E-state index is 0.236. The average molecular weight is 441 g/mol. The van der Waals surface area contributed by atoms with Crippen molar-refractivity contribution in [2.24, 2.45) is 0 Å². The summed E-state index contributed by atoms with van der Waals surface area (Å²) in [5.41, 5.74) is 4.74. The van der Waals surface area contributed by atoms with E-state index >= 15 is 0 Å². The number of hydrogen-bond donors (Lipinski definition) is 2. The molecule has 3 heterocycles. The molecule has 1 aromatic heterocycles. The third kappa shape index (κ3) is 4.80. The van der Waals surface area contributed by atoms with Gasteiger partial charge in [-0.25, -0.2) is 0 Å². The number of benzene rings is 1. The highest BCUT2D eigenvalue weighted by Crippen LogP contribution is 2.40. The number of fused-ring (bicyclic) bond motifs is 2. The monoisotopic (exact) mass is 440 g/mol. The fraction of sp³-hybridized carbons (Fsp3) is 0.640. The number of rotatable bonds is 8. The van der Waals surface area contributed by atoms with Crippen LogP contribution in [0.2, 0.25) is 0 Å².